The van der Waals surface area contributed by atoms with Gasteiger partial charge in [-0.25, -0.2) is 0 Å². The zero-order chi connectivity index (χ0) is 8.60. The number of piperidine rings is 1. The molecule has 1 saturated carbocycles. The standard InChI is InChI=1S/C9H15Cl2N/c10-9(11)6-8(9)7-12-4-2-1-3-5-12/h8H,1-7H2. The number of likely N-dealkylation sites (tertiary alicyclic amines) is 1. The Bertz CT molecular complexity index is 164. The van der Waals surface area contributed by atoms with Crippen molar-refractivity contribution in [3.63, 3.8) is 0 Å². The molecule has 1 nitrogen and oxygen atoms in total. The molecule has 0 aromatic rings. The highest BCUT2D eigenvalue weighted by atomic mass is 35.5. The fourth-order valence-electron chi connectivity index (χ4n) is 1.92. The lowest BCUT2D eigenvalue weighted by Gasteiger charge is -2.26. The van der Waals surface area contributed by atoms with Crippen molar-refractivity contribution in [2.24, 2.45) is 5.92 Å². The maximum absolute atomic E-state index is 5.97. The Morgan fingerprint density at radius 3 is 2.25 bits per heavy atom. The zero-order valence-electron chi connectivity index (χ0n) is 7.23. The molecule has 1 aliphatic heterocycles. The number of hydrogen-bond acceptors (Lipinski definition) is 1. The van der Waals surface area contributed by atoms with Crippen LogP contribution in [0, 0.1) is 5.92 Å². The molecule has 1 saturated heterocycles. The summed E-state index contributed by atoms with van der Waals surface area (Å²) in [5, 5.41) is 0. The van der Waals surface area contributed by atoms with Crippen LogP contribution in [0.5, 0.6) is 0 Å². The predicted octanol–water partition coefficient (Wildman–Crippen LogP) is 2.67. The topological polar surface area (TPSA) is 3.24 Å². The van der Waals surface area contributed by atoms with Crippen molar-refractivity contribution in [1.82, 2.24) is 4.90 Å². The fraction of sp³-hybridized carbons (Fsp3) is 1.00. The third-order valence-corrected chi connectivity index (χ3v) is 3.81. The summed E-state index contributed by atoms with van der Waals surface area (Å²) in [6.07, 6.45) is 5.09. The summed E-state index contributed by atoms with van der Waals surface area (Å²) in [4.78, 5) is 2.50. The van der Waals surface area contributed by atoms with Gasteiger partial charge in [0.2, 0.25) is 0 Å². The van der Waals surface area contributed by atoms with Crippen molar-refractivity contribution in [3.8, 4) is 0 Å². The maximum Gasteiger partial charge on any atom is 0.122 e. The van der Waals surface area contributed by atoms with Gasteiger partial charge in [-0.2, -0.15) is 0 Å². The van der Waals surface area contributed by atoms with Gasteiger partial charge in [0.1, 0.15) is 4.33 Å². The van der Waals surface area contributed by atoms with E-state index in [0.717, 1.165) is 13.0 Å². The van der Waals surface area contributed by atoms with E-state index in [-0.39, 0.29) is 4.33 Å². The molecule has 0 aromatic carbocycles. The lowest BCUT2D eigenvalue weighted by atomic mass is 10.1. The normalized spacial score (nSPS) is 35.0. The third-order valence-electron chi connectivity index (χ3n) is 2.88. The summed E-state index contributed by atoms with van der Waals surface area (Å²) in [7, 11) is 0. The van der Waals surface area contributed by atoms with E-state index in [9.17, 15) is 0 Å². The van der Waals surface area contributed by atoms with Gasteiger partial charge < -0.3 is 4.90 Å². The second-order valence-corrected chi connectivity index (χ2v) is 5.57. The smallest absolute Gasteiger partial charge is 0.122 e. The van der Waals surface area contributed by atoms with Crippen molar-refractivity contribution in [1.29, 1.82) is 0 Å². The lowest BCUT2D eigenvalue weighted by Crippen LogP contribution is -2.32. The highest BCUT2D eigenvalue weighted by Crippen LogP contribution is 2.53. The van der Waals surface area contributed by atoms with Crippen LogP contribution in [0.25, 0.3) is 0 Å². The highest BCUT2D eigenvalue weighted by Gasteiger charge is 2.51. The molecule has 2 rings (SSSR count). The number of rotatable bonds is 2. The summed E-state index contributed by atoms with van der Waals surface area (Å²) in [6.45, 7) is 3.62. The van der Waals surface area contributed by atoms with E-state index in [1.165, 1.54) is 32.4 Å². The van der Waals surface area contributed by atoms with Gasteiger partial charge in [-0.15, -0.1) is 23.2 Å². The van der Waals surface area contributed by atoms with E-state index >= 15 is 0 Å². The molecule has 0 bridgehead atoms. The van der Waals surface area contributed by atoms with E-state index in [1.54, 1.807) is 0 Å². The molecular weight excluding hydrogens is 193 g/mol. The van der Waals surface area contributed by atoms with Crippen LogP contribution in [0.2, 0.25) is 0 Å². The first-order valence-electron chi connectivity index (χ1n) is 4.79. The van der Waals surface area contributed by atoms with E-state index in [2.05, 4.69) is 4.90 Å². The molecule has 70 valence electrons. The number of nitrogens with zero attached hydrogens (tertiary/aromatic N) is 1. The molecule has 1 atom stereocenters. The molecule has 1 aliphatic carbocycles. The van der Waals surface area contributed by atoms with Crippen LogP contribution in [0.3, 0.4) is 0 Å². The quantitative estimate of drug-likeness (QED) is 0.630. The van der Waals surface area contributed by atoms with Gasteiger partial charge in [0, 0.05) is 12.5 Å². The van der Waals surface area contributed by atoms with Crippen LogP contribution in [-0.2, 0) is 0 Å². The lowest BCUT2D eigenvalue weighted by molar-refractivity contribution is 0.220. The molecule has 2 fully saturated rings. The van der Waals surface area contributed by atoms with Crippen molar-refractivity contribution in [2.45, 2.75) is 30.0 Å². The molecule has 3 heteroatoms. The van der Waals surface area contributed by atoms with Crippen LogP contribution in [0.4, 0.5) is 0 Å². The molecule has 0 N–H and O–H groups in total. The van der Waals surface area contributed by atoms with Crippen LogP contribution in [0.15, 0.2) is 0 Å². The Hall–Kier alpha value is 0.540. The second-order valence-electron chi connectivity index (χ2n) is 4.02. The van der Waals surface area contributed by atoms with Crippen molar-refractivity contribution in [3.05, 3.63) is 0 Å². The molecule has 12 heavy (non-hydrogen) atoms. The summed E-state index contributed by atoms with van der Waals surface area (Å²) in [5.74, 6) is 0.541. The van der Waals surface area contributed by atoms with Crippen LogP contribution in [0.1, 0.15) is 25.7 Å². The zero-order valence-corrected chi connectivity index (χ0v) is 8.74. The van der Waals surface area contributed by atoms with Gasteiger partial charge in [-0.05, 0) is 32.4 Å². The first kappa shape index (κ1) is 9.11. The highest BCUT2D eigenvalue weighted by molar-refractivity contribution is 6.50. The van der Waals surface area contributed by atoms with Gasteiger partial charge in [0.15, 0.2) is 0 Å². The van der Waals surface area contributed by atoms with Crippen LogP contribution >= 0.6 is 23.2 Å². The Morgan fingerprint density at radius 2 is 1.75 bits per heavy atom. The van der Waals surface area contributed by atoms with Gasteiger partial charge in [-0.3, -0.25) is 0 Å². The minimum Gasteiger partial charge on any atom is -0.303 e. The number of alkyl halides is 2. The van der Waals surface area contributed by atoms with Gasteiger partial charge in [0.25, 0.3) is 0 Å². The van der Waals surface area contributed by atoms with Crippen LogP contribution < -0.4 is 0 Å². The van der Waals surface area contributed by atoms with E-state index in [0.29, 0.717) is 5.92 Å². The third kappa shape index (κ3) is 2.07. The Balaban J connectivity index is 1.73. The first-order valence-corrected chi connectivity index (χ1v) is 5.54. The summed E-state index contributed by atoms with van der Waals surface area (Å²) >= 11 is 11.9. The van der Waals surface area contributed by atoms with E-state index in [1.807, 2.05) is 0 Å². The molecule has 2 aliphatic rings. The predicted molar refractivity (Wildman–Crippen MR) is 52.8 cm³/mol. The van der Waals surface area contributed by atoms with E-state index in [4.69, 9.17) is 23.2 Å². The Labute approximate surface area is 84.0 Å². The molecule has 0 aromatic heterocycles. The summed E-state index contributed by atoms with van der Waals surface area (Å²) in [6, 6.07) is 0. The van der Waals surface area contributed by atoms with Gasteiger partial charge >= 0.3 is 0 Å². The average Bonchev–Trinajstić information content (AvgIpc) is 2.61. The van der Waals surface area contributed by atoms with Crippen LogP contribution in [-0.4, -0.2) is 28.9 Å². The molecular formula is C9H15Cl2N. The van der Waals surface area contributed by atoms with Crippen molar-refractivity contribution < 1.29 is 0 Å². The minimum atomic E-state index is -0.378. The van der Waals surface area contributed by atoms with Gasteiger partial charge in [0.05, 0.1) is 0 Å². The first-order chi connectivity index (χ1) is 5.68. The minimum absolute atomic E-state index is 0.378. The molecule has 1 unspecified atom stereocenters. The SMILES string of the molecule is ClC1(Cl)CC1CN1CCCCC1. The van der Waals surface area contributed by atoms with Gasteiger partial charge in [-0.1, -0.05) is 6.42 Å². The van der Waals surface area contributed by atoms with Crippen molar-refractivity contribution >= 4 is 23.2 Å². The molecule has 1 heterocycles. The van der Waals surface area contributed by atoms with Crippen molar-refractivity contribution in [2.75, 3.05) is 19.6 Å². The maximum atomic E-state index is 5.97. The Morgan fingerprint density at radius 1 is 1.17 bits per heavy atom. The molecule has 0 radical (unpaired) electrons. The Kier molecular flexibility index (Phi) is 2.55. The largest absolute Gasteiger partial charge is 0.303 e. The monoisotopic (exact) mass is 207 g/mol. The number of hydrogen-bond donors (Lipinski definition) is 0. The molecule has 0 amide bonds. The molecule has 0 spiro atoms. The second kappa shape index (κ2) is 3.36. The van der Waals surface area contributed by atoms with E-state index < -0.39 is 0 Å². The summed E-state index contributed by atoms with van der Waals surface area (Å²) in [5.41, 5.74) is 0. The average molecular weight is 208 g/mol. The summed E-state index contributed by atoms with van der Waals surface area (Å²) < 4.78 is -0.378. The number of halogens is 2. The fourth-order valence-corrected chi connectivity index (χ4v) is 2.43.